The van der Waals surface area contributed by atoms with Crippen LogP contribution in [0.4, 0.5) is 0 Å². The second-order valence-electron chi connectivity index (χ2n) is 6.49. The van der Waals surface area contributed by atoms with E-state index in [0.29, 0.717) is 6.42 Å². The molecule has 21 heavy (non-hydrogen) atoms. The van der Waals surface area contributed by atoms with Crippen LogP contribution in [0.15, 0.2) is 18.2 Å². The zero-order chi connectivity index (χ0) is 15.5. The van der Waals surface area contributed by atoms with Gasteiger partial charge in [0.05, 0.1) is 18.8 Å². The van der Waals surface area contributed by atoms with Crippen molar-refractivity contribution < 1.29 is 14.6 Å². The molecule has 1 saturated carbocycles. The minimum Gasteiger partial charge on any atom is -0.496 e. The number of aryl methyl sites for hydroxylation is 1. The summed E-state index contributed by atoms with van der Waals surface area (Å²) in [7, 11) is 3.40. The molecule has 1 aromatic rings. The van der Waals surface area contributed by atoms with E-state index in [4.69, 9.17) is 9.47 Å². The molecular formula is C18H28O3. The highest BCUT2D eigenvalue weighted by Gasteiger charge is 2.40. The summed E-state index contributed by atoms with van der Waals surface area (Å²) in [5.74, 6) is 1.57. The van der Waals surface area contributed by atoms with Gasteiger partial charge in [0, 0.05) is 13.5 Å². The van der Waals surface area contributed by atoms with Gasteiger partial charge in [0.1, 0.15) is 5.75 Å². The van der Waals surface area contributed by atoms with Crippen LogP contribution in [0.1, 0.15) is 43.7 Å². The summed E-state index contributed by atoms with van der Waals surface area (Å²) in [6.45, 7) is 4.33. The molecule has 0 radical (unpaired) electrons. The average Bonchev–Trinajstić information content (AvgIpc) is 2.48. The highest BCUT2D eigenvalue weighted by Crippen LogP contribution is 2.38. The smallest absolute Gasteiger partial charge is 0.122 e. The average molecular weight is 292 g/mol. The first kappa shape index (κ1) is 16.3. The summed E-state index contributed by atoms with van der Waals surface area (Å²) in [5, 5.41) is 10.8. The van der Waals surface area contributed by atoms with Crippen molar-refractivity contribution >= 4 is 0 Å². The minimum atomic E-state index is -0.495. The summed E-state index contributed by atoms with van der Waals surface area (Å²) in [5.41, 5.74) is 1.84. The molecule has 0 saturated heterocycles. The number of rotatable bonds is 5. The van der Waals surface area contributed by atoms with Gasteiger partial charge in [-0.1, -0.05) is 24.6 Å². The van der Waals surface area contributed by atoms with Crippen molar-refractivity contribution in [2.45, 2.75) is 57.7 Å². The van der Waals surface area contributed by atoms with Gasteiger partial charge in [0.25, 0.3) is 0 Å². The van der Waals surface area contributed by atoms with E-state index in [-0.39, 0.29) is 0 Å². The summed E-state index contributed by atoms with van der Waals surface area (Å²) < 4.78 is 11.2. The molecule has 0 amide bonds. The highest BCUT2D eigenvalue weighted by atomic mass is 16.5. The fourth-order valence-electron chi connectivity index (χ4n) is 3.39. The zero-order valence-electron chi connectivity index (χ0n) is 13.7. The Morgan fingerprint density at radius 3 is 2.52 bits per heavy atom. The number of ether oxygens (including phenoxy) is 2. The van der Waals surface area contributed by atoms with E-state index in [1.807, 2.05) is 12.1 Å². The first-order chi connectivity index (χ1) is 10.0. The van der Waals surface area contributed by atoms with Crippen LogP contribution < -0.4 is 4.74 Å². The Bertz CT molecular complexity index is 462. The summed E-state index contributed by atoms with van der Waals surface area (Å²) in [6.07, 6.45) is 4.18. The molecule has 1 fully saturated rings. The fourth-order valence-corrected chi connectivity index (χ4v) is 3.39. The quantitative estimate of drug-likeness (QED) is 0.902. The highest BCUT2D eigenvalue weighted by molar-refractivity contribution is 5.37. The first-order valence-corrected chi connectivity index (χ1v) is 7.87. The number of methoxy groups -OCH3 is 2. The van der Waals surface area contributed by atoms with E-state index in [1.165, 1.54) is 5.56 Å². The molecule has 1 unspecified atom stereocenters. The Balaban J connectivity index is 2.16. The van der Waals surface area contributed by atoms with Crippen molar-refractivity contribution in [3.8, 4) is 5.75 Å². The fraction of sp³-hybridized carbons (Fsp3) is 0.667. The van der Waals surface area contributed by atoms with Gasteiger partial charge in [-0.2, -0.15) is 0 Å². The van der Waals surface area contributed by atoms with Crippen LogP contribution in [-0.2, 0) is 11.2 Å². The van der Waals surface area contributed by atoms with E-state index < -0.39 is 11.7 Å². The number of aliphatic hydroxyl groups is 1. The molecule has 0 aliphatic heterocycles. The third kappa shape index (κ3) is 3.58. The van der Waals surface area contributed by atoms with Gasteiger partial charge < -0.3 is 14.6 Å². The lowest BCUT2D eigenvalue weighted by Gasteiger charge is -2.42. The third-order valence-electron chi connectivity index (χ3n) is 4.98. The topological polar surface area (TPSA) is 38.7 Å². The standard InChI is InChI=1S/C18H28O3/c1-13-7-9-18(21-4,10-8-13)17(19)12-15-11-14(2)5-6-16(15)20-3/h5-6,11,13,17,19H,7-10,12H2,1-4H3. The molecule has 1 aliphatic carbocycles. The van der Waals surface area contributed by atoms with Crippen LogP contribution >= 0.6 is 0 Å². The third-order valence-corrected chi connectivity index (χ3v) is 4.98. The van der Waals surface area contributed by atoms with E-state index in [9.17, 15) is 5.11 Å². The molecule has 1 atom stereocenters. The molecule has 1 aliphatic rings. The molecule has 0 aromatic heterocycles. The van der Waals surface area contributed by atoms with Gasteiger partial charge in [0.15, 0.2) is 0 Å². The van der Waals surface area contributed by atoms with E-state index in [1.54, 1.807) is 14.2 Å². The summed E-state index contributed by atoms with van der Waals surface area (Å²) >= 11 is 0. The Labute approximate surface area is 128 Å². The van der Waals surface area contributed by atoms with Crippen molar-refractivity contribution in [1.29, 1.82) is 0 Å². The minimum absolute atomic E-state index is 0.402. The van der Waals surface area contributed by atoms with Crippen molar-refractivity contribution in [1.82, 2.24) is 0 Å². The van der Waals surface area contributed by atoms with E-state index in [2.05, 4.69) is 19.9 Å². The lowest BCUT2D eigenvalue weighted by atomic mass is 9.75. The van der Waals surface area contributed by atoms with Gasteiger partial charge in [-0.05, 0) is 50.2 Å². The normalized spacial score (nSPS) is 27.4. The van der Waals surface area contributed by atoms with Crippen LogP contribution in [-0.4, -0.2) is 31.0 Å². The molecule has 1 aromatic carbocycles. The van der Waals surface area contributed by atoms with E-state index >= 15 is 0 Å². The molecule has 118 valence electrons. The van der Waals surface area contributed by atoms with Crippen molar-refractivity contribution in [2.75, 3.05) is 14.2 Å². The zero-order valence-corrected chi connectivity index (χ0v) is 13.7. The van der Waals surface area contributed by atoms with Crippen LogP contribution in [0.25, 0.3) is 0 Å². The molecule has 0 heterocycles. The Morgan fingerprint density at radius 1 is 1.29 bits per heavy atom. The predicted molar refractivity (Wildman–Crippen MR) is 84.8 cm³/mol. The largest absolute Gasteiger partial charge is 0.496 e. The van der Waals surface area contributed by atoms with Gasteiger partial charge in [-0.25, -0.2) is 0 Å². The van der Waals surface area contributed by atoms with Crippen molar-refractivity contribution in [3.63, 3.8) is 0 Å². The maximum Gasteiger partial charge on any atom is 0.122 e. The summed E-state index contributed by atoms with van der Waals surface area (Å²) in [4.78, 5) is 0. The monoisotopic (exact) mass is 292 g/mol. The Morgan fingerprint density at radius 2 is 1.95 bits per heavy atom. The SMILES string of the molecule is COc1ccc(C)cc1CC(O)C1(OC)CCC(C)CC1. The van der Waals surface area contributed by atoms with Gasteiger partial charge in [-0.15, -0.1) is 0 Å². The van der Waals surface area contributed by atoms with Gasteiger partial charge >= 0.3 is 0 Å². The second kappa shape index (κ2) is 6.80. The number of benzene rings is 1. The lowest BCUT2D eigenvalue weighted by molar-refractivity contribution is -0.127. The first-order valence-electron chi connectivity index (χ1n) is 7.87. The number of aliphatic hydroxyl groups excluding tert-OH is 1. The van der Waals surface area contributed by atoms with Crippen molar-refractivity contribution in [3.05, 3.63) is 29.3 Å². The van der Waals surface area contributed by atoms with Crippen molar-refractivity contribution in [2.24, 2.45) is 5.92 Å². The molecule has 3 heteroatoms. The Kier molecular flexibility index (Phi) is 5.28. The van der Waals surface area contributed by atoms with Crippen LogP contribution in [0.3, 0.4) is 0 Å². The lowest BCUT2D eigenvalue weighted by Crippen LogP contribution is -2.47. The predicted octanol–water partition coefficient (Wildman–Crippen LogP) is 3.50. The number of hydrogen-bond acceptors (Lipinski definition) is 3. The second-order valence-corrected chi connectivity index (χ2v) is 6.49. The van der Waals surface area contributed by atoms with Gasteiger partial charge in [-0.3, -0.25) is 0 Å². The van der Waals surface area contributed by atoms with Crippen LogP contribution in [0.5, 0.6) is 5.75 Å². The number of hydrogen-bond donors (Lipinski definition) is 1. The van der Waals surface area contributed by atoms with E-state index in [0.717, 1.165) is 42.9 Å². The van der Waals surface area contributed by atoms with Crippen LogP contribution in [0.2, 0.25) is 0 Å². The molecule has 3 nitrogen and oxygen atoms in total. The van der Waals surface area contributed by atoms with Crippen LogP contribution in [0, 0.1) is 12.8 Å². The molecular weight excluding hydrogens is 264 g/mol. The molecule has 2 rings (SSSR count). The summed E-state index contributed by atoms with van der Waals surface area (Å²) in [6, 6.07) is 6.10. The Hall–Kier alpha value is -1.06. The maximum atomic E-state index is 10.8. The van der Waals surface area contributed by atoms with Gasteiger partial charge in [0.2, 0.25) is 0 Å². The molecule has 1 N–H and O–H groups in total. The molecule has 0 spiro atoms. The maximum absolute atomic E-state index is 10.8. The molecule has 0 bridgehead atoms.